The van der Waals surface area contributed by atoms with Crippen LogP contribution in [0.15, 0.2) is 48.5 Å². The number of ether oxygens (including phenoxy) is 3. The van der Waals surface area contributed by atoms with Crippen molar-refractivity contribution in [2.75, 3.05) is 21.0 Å². The molecule has 0 heterocycles. The van der Waals surface area contributed by atoms with Crippen molar-refractivity contribution in [1.29, 1.82) is 0 Å². The average molecular weight is 442 g/mol. The van der Waals surface area contributed by atoms with Crippen LogP contribution in [0.4, 0.5) is 0 Å². The molecule has 0 saturated carbocycles. The van der Waals surface area contributed by atoms with Crippen molar-refractivity contribution in [2.45, 2.75) is 6.42 Å². The number of rotatable bonds is 6. The van der Waals surface area contributed by atoms with Gasteiger partial charge in [0.15, 0.2) is 6.79 Å². The topological polar surface area (TPSA) is 27.7 Å². The molecular formula is C16H18O3W. The van der Waals surface area contributed by atoms with Gasteiger partial charge < -0.3 is 14.2 Å². The van der Waals surface area contributed by atoms with Gasteiger partial charge in [0, 0.05) is 28.2 Å². The summed E-state index contributed by atoms with van der Waals surface area (Å²) in [4.78, 5) is 0. The van der Waals surface area contributed by atoms with Crippen molar-refractivity contribution in [3.63, 3.8) is 0 Å². The SMILES string of the molecule is COCOc1ccc(Cc2ccc(OC)cc2)cc1.[W]. The maximum atomic E-state index is 5.35. The number of benzene rings is 2. The second kappa shape index (κ2) is 8.78. The third kappa shape index (κ3) is 4.99. The Kier molecular flexibility index (Phi) is 7.35. The van der Waals surface area contributed by atoms with E-state index in [1.54, 1.807) is 14.2 Å². The maximum Gasteiger partial charge on any atom is 0.188 e. The molecule has 0 atom stereocenters. The fourth-order valence-corrected chi connectivity index (χ4v) is 1.81. The molecule has 106 valence electrons. The van der Waals surface area contributed by atoms with Crippen LogP contribution in [0.1, 0.15) is 11.1 Å². The van der Waals surface area contributed by atoms with Crippen LogP contribution in [0.3, 0.4) is 0 Å². The molecule has 0 unspecified atom stereocenters. The van der Waals surface area contributed by atoms with Crippen LogP contribution < -0.4 is 9.47 Å². The summed E-state index contributed by atoms with van der Waals surface area (Å²) >= 11 is 0. The second-order valence-corrected chi connectivity index (χ2v) is 4.22. The van der Waals surface area contributed by atoms with Gasteiger partial charge in [-0.05, 0) is 41.8 Å². The number of hydrogen-bond donors (Lipinski definition) is 0. The molecule has 4 heteroatoms. The summed E-state index contributed by atoms with van der Waals surface area (Å²) in [5.74, 6) is 1.70. The van der Waals surface area contributed by atoms with Gasteiger partial charge in [-0.1, -0.05) is 24.3 Å². The Labute approximate surface area is 134 Å². The summed E-state index contributed by atoms with van der Waals surface area (Å²) in [5.41, 5.74) is 2.50. The zero-order valence-corrected chi connectivity index (χ0v) is 14.6. The molecule has 0 aliphatic rings. The van der Waals surface area contributed by atoms with E-state index in [9.17, 15) is 0 Å². The summed E-state index contributed by atoms with van der Waals surface area (Å²) in [5, 5.41) is 0. The normalized spacial score (nSPS) is 9.70. The van der Waals surface area contributed by atoms with Crippen molar-refractivity contribution in [3.05, 3.63) is 59.7 Å². The summed E-state index contributed by atoms with van der Waals surface area (Å²) in [6, 6.07) is 16.2. The van der Waals surface area contributed by atoms with Crippen molar-refractivity contribution >= 4 is 0 Å². The molecule has 2 aromatic rings. The van der Waals surface area contributed by atoms with Crippen LogP contribution in [0, 0.1) is 0 Å². The minimum absolute atomic E-state index is 0. The van der Waals surface area contributed by atoms with Crippen molar-refractivity contribution in [1.82, 2.24) is 0 Å². The van der Waals surface area contributed by atoms with Gasteiger partial charge in [-0.3, -0.25) is 0 Å². The molecule has 0 N–H and O–H groups in total. The first kappa shape index (κ1) is 16.7. The average Bonchev–Trinajstić information content (AvgIpc) is 2.47. The van der Waals surface area contributed by atoms with Crippen LogP contribution in [0.25, 0.3) is 0 Å². The van der Waals surface area contributed by atoms with E-state index in [4.69, 9.17) is 14.2 Å². The standard InChI is InChI=1S/C16H18O3.W/c1-17-12-19-16-9-5-14(6-10-16)11-13-3-7-15(18-2)8-4-13;/h3-10H,11-12H2,1-2H3;. The molecule has 2 rings (SSSR count). The minimum atomic E-state index is 0. The first-order valence-electron chi connectivity index (χ1n) is 6.15. The largest absolute Gasteiger partial charge is 0.497 e. The Morgan fingerprint density at radius 2 is 1.25 bits per heavy atom. The Morgan fingerprint density at radius 1 is 0.750 bits per heavy atom. The molecule has 0 spiro atoms. The smallest absolute Gasteiger partial charge is 0.188 e. The molecule has 0 aromatic heterocycles. The van der Waals surface area contributed by atoms with Crippen LogP contribution >= 0.6 is 0 Å². The molecule has 0 amide bonds. The van der Waals surface area contributed by atoms with E-state index >= 15 is 0 Å². The summed E-state index contributed by atoms with van der Waals surface area (Å²) in [7, 11) is 3.28. The summed E-state index contributed by atoms with van der Waals surface area (Å²) in [6.07, 6.45) is 0.897. The first-order chi connectivity index (χ1) is 9.31. The summed E-state index contributed by atoms with van der Waals surface area (Å²) in [6.45, 7) is 0.276. The van der Waals surface area contributed by atoms with Gasteiger partial charge in [-0.25, -0.2) is 0 Å². The molecule has 0 saturated heterocycles. The van der Waals surface area contributed by atoms with Crippen molar-refractivity contribution < 1.29 is 35.3 Å². The molecular weight excluding hydrogens is 424 g/mol. The van der Waals surface area contributed by atoms with Gasteiger partial charge >= 0.3 is 0 Å². The Bertz CT molecular complexity index is 494. The van der Waals surface area contributed by atoms with Gasteiger partial charge in [0.2, 0.25) is 0 Å². The molecule has 0 aliphatic heterocycles. The van der Waals surface area contributed by atoms with Gasteiger partial charge in [-0.2, -0.15) is 0 Å². The second-order valence-electron chi connectivity index (χ2n) is 4.22. The van der Waals surface area contributed by atoms with Gasteiger partial charge in [0.25, 0.3) is 0 Å². The Hall–Kier alpha value is -1.31. The van der Waals surface area contributed by atoms with E-state index in [1.165, 1.54) is 11.1 Å². The monoisotopic (exact) mass is 442 g/mol. The Morgan fingerprint density at radius 3 is 1.70 bits per heavy atom. The first-order valence-corrected chi connectivity index (χ1v) is 6.15. The van der Waals surface area contributed by atoms with E-state index in [2.05, 4.69) is 24.3 Å². The molecule has 0 bridgehead atoms. The predicted octanol–water partition coefficient (Wildman–Crippen LogP) is 3.27. The van der Waals surface area contributed by atoms with E-state index in [0.717, 1.165) is 17.9 Å². The van der Waals surface area contributed by atoms with Crippen LogP contribution in [-0.2, 0) is 32.2 Å². The van der Waals surface area contributed by atoms with Crippen LogP contribution in [0.5, 0.6) is 11.5 Å². The molecule has 0 aliphatic carbocycles. The predicted molar refractivity (Wildman–Crippen MR) is 74.7 cm³/mol. The van der Waals surface area contributed by atoms with Gasteiger partial charge in [-0.15, -0.1) is 0 Å². The zero-order chi connectivity index (χ0) is 13.5. The fraction of sp³-hybridized carbons (Fsp3) is 0.250. The van der Waals surface area contributed by atoms with Crippen molar-refractivity contribution in [3.8, 4) is 11.5 Å². The number of hydrogen-bond acceptors (Lipinski definition) is 3. The quantitative estimate of drug-likeness (QED) is 0.644. The third-order valence-corrected chi connectivity index (χ3v) is 2.83. The molecule has 3 nitrogen and oxygen atoms in total. The molecule has 0 radical (unpaired) electrons. The Balaban J connectivity index is 0.00000200. The zero-order valence-electron chi connectivity index (χ0n) is 11.7. The van der Waals surface area contributed by atoms with E-state index < -0.39 is 0 Å². The summed E-state index contributed by atoms with van der Waals surface area (Å²) < 4.78 is 15.4. The molecule has 20 heavy (non-hydrogen) atoms. The van der Waals surface area contributed by atoms with Gasteiger partial charge in [0.1, 0.15) is 11.5 Å². The van der Waals surface area contributed by atoms with E-state index in [-0.39, 0.29) is 27.9 Å². The van der Waals surface area contributed by atoms with Crippen molar-refractivity contribution in [2.24, 2.45) is 0 Å². The van der Waals surface area contributed by atoms with E-state index in [0.29, 0.717) is 0 Å². The number of methoxy groups -OCH3 is 2. The third-order valence-electron chi connectivity index (χ3n) is 2.83. The minimum Gasteiger partial charge on any atom is -0.497 e. The van der Waals surface area contributed by atoms with Gasteiger partial charge in [0.05, 0.1) is 7.11 Å². The molecule has 0 fully saturated rings. The maximum absolute atomic E-state index is 5.35. The van der Waals surface area contributed by atoms with Crippen LogP contribution in [-0.4, -0.2) is 21.0 Å². The van der Waals surface area contributed by atoms with Crippen LogP contribution in [0.2, 0.25) is 0 Å². The molecule has 2 aromatic carbocycles. The van der Waals surface area contributed by atoms with E-state index in [1.807, 2.05) is 24.3 Å². The fourth-order valence-electron chi connectivity index (χ4n) is 1.81.